The highest BCUT2D eigenvalue weighted by atomic mass is 35.5. The Morgan fingerprint density at radius 2 is 1.53 bits per heavy atom. The van der Waals surface area contributed by atoms with E-state index in [4.69, 9.17) is 52.1 Å². The molecule has 2 aromatic rings. The standard InChI is InChI=1S/C11H6Cl4N2/c12-5-1-7(10(15)9(14)3-5)8-2-6(13)4-17-11(8)16/h1-4H,(H2,16,17). The van der Waals surface area contributed by atoms with Gasteiger partial charge in [0.15, 0.2) is 0 Å². The Bertz CT molecular complexity index is 584. The lowest BCUT2D eigenvalue weighted by Crippen LogP contribution is -1.94. The van der Waals surface area contributed by atoms with Crippen LogP contribution in [0.5, 0.6) is 0 Å². The van der Waals surface area contributed by atoms with Crippen LogP contribution in [0.4, 0.5) is 5.82 Å². The number of anilines is 1. The van der Waals surface area contributed by atoms with Gasteiger partial charge in [-0.25, -0.2) is 4.98 Å². The van der Waals surface area contributed by atoms with E-state index in [2.05, 4.69) is 4.98 Å². The van der Waals surface area contributed by atoms with Gasteiger partial charge in [-0.2, -0.15) is 0 Å². The minimum Gasteiger partial charge on any atom is -0.383 e. The van der Waals surface area contributed by atoms with Crippen molar-refractivity contribution in [3.8, 4) is 11.1 Å². The zero-order valence-corrected chi connectivity index (χ0v) is 11.4. The van der Waals surface area contributed by atoms with E-state index in [1.807, 2.05) is 0 Å². The summed E-state index contributed by atoms with van der Waals surface area (Å²) in [7, 11) is 0. The Balaban J connectivity index is 2.72. The highest BCUT2D eigenvalue weighted by Crippen LogP contribution is 2.38. The Hall–Kier alpha value is -0.670. The third kappa shape index (κ3) is 2.61. The van der Waals surface area contributed by atoms with E-state index in [0.717, 1.165) is 0 Å². The summed E-state index contributed by atoms with van der Waals surface area (Å²) in [4.78, 5) is 3.96. The van der Waals surface area contributed by atoms with E-state index >= 15 is 0 Å². The maximum atomic E-state index is 6.11. The van der Waals surface area contributed by atoms with E-state index in [1.165, 1.54) is 6.20 Å². The predicted octanol–water partition coefficient (Wildman–Crippen LogP) is 4.94. The van der Waals surface area contributed by atoms with E-state index < -0.39 is 0 Å². The summed E-state index contributed by atoms with van der Waals surface area (Å²) < 4.78 is 0. The topological polar surface area (TPSA) is 38.9 Å². The van der Waals surface area contributed by atoms with Gasteiger partial charge in [-0.15, -0.1) is 0 Å². The zero-order chi connectivity index (χ0) is 12.6. The van der Waals surface area contributed by atoms with Crippen molar-refractivity contribution in [3.05, 3.63) is 44.5 Å². The fraction of sp³-hybridized carbons (Fsp3) is 0. The van der Waals surface area contributed by atoms with Crippen molar-refractivity contribution >= 4 is 52.2 Å². The first-order valence-corrected chi connectivity index (χ1v) is 6.06. The first kappa shape index (κ1) is 12.8. The molecule has 0 aliphatic heterocycles. The Labute approximate surface area is 118 Å². The quantitative estimate of drug-likeness (QED) is 0.757. The van der Waals surface area contributed by atoms with Gasteiger partial charge in [-0.05, 0) is 18.2 Å². The lowest BCUT2D eigenvalue weighted by molar-refractivity contribution is 1.34. The summed E-state index contributed by atoms with van der Waals surface area (Å²) in [5.74, 6) is 0.314. The van der Waals surface area contributed by atoms with E-state index in [-0.39, 0.29) is 0 Å². The van der Waals surface area contributed by atoms with E-state index in [9.17, 15) is 0 Å². The first-order valence-electron chi connectivity index (χ1n) is 4.55. The summed E-state index contributed by atoms with van der Waals surface area (Å²) in [5.41, 5.74) is 6.99. The number of nitrogens with two attached hydrogens (primary N) is 1. The summed E-state index contributed by atoms with van der Waals surface area (Å²) in [6, 6.07) is 4.89. The molecule has 88 valence electrons. The van der Waals surface area contributed by atoms with Crippen LogP contribution in [0, 0.1) is 0 Å². The Kier molecular flexibility index (Phi) is 3.69. The molecule has 0 saturated carbocycles. The molecule has 0 unspecified atom stereocenters. The van der Waals surface area contributed by atoms with Crippen molar-refractivity contribution < 1.29 is 0 Å². The molecule has 1 aromatic heterocycles. The molecule has 1 heterocycles. The summed E-state index contributed by atoms with van der Waals surface area (Å²) in [5, 5.41) is 1.65. The first-order chi connectivity index (χ1) is 7.99. The lowest BCUT2D eigenvalue weighted by Gasteiger charge is -2.09. The molecule has 0 saturated heterocycles. The van der Waals surface area contributed by atoms with Gasteiger partial charge in [0.05, 0.1) is 15.1 Å². The lowest BCUT2D eigenvalue weighted by atomic mass is 10.1. The molecule has 0 aliphatic carbocycles. The van der Waals surface area contributed by atoms with Crippen LogP contribution in [-0.2, 0) is 0 Å². The van der Waals surface area contributed by atoms with E-state index in [1.54, 1.807) is 18.2 Å². The van der Waals surface area contributed by atoms with Gasteiger partial charge < -0.3 is 5.73 Å². The molecule has 2 nitrogen and oxygen atoms in total. The van der Waals surface area contributed by atoms with Crippen molar-refractivity contribution in [1.29, 1.82) is 0 Å². The monoisotopic (exact) mass is 306 g/mol. The number of hydrogen-bond donors (Lipinski definition) is 1. The number of halogens is 4. The summed E-state index contributed by atoms with van der Waals surface area (Å²) >= 11 is 23.9. The average molecular weight is 308 g/mol. The second-order valence-corrected chi connectivity index (χ2v) is 4.99. The molecule has 2 N–H and O–H groups in total. The van der Waals surface area contributed by atoms with Crippen molar-refractivity contribution in [2.75, 3.05) is 5.73 Å². The molecule has 0 radical (unpaired) electrons. The number of hydrogen-bond acceptors (Lipinski definition) is 2. The van der Waals surface area contributed by atoms with Crippen LogP contribution < -0.4 is 5.73 Å². The Morgan fingerprint density at radius 1 is 0.882 bits per heavy atom. The molecule has 0 spiro atoms. The van der Waals surface area contributed by atoms with Crippen LogP contribution in [0.25, 0.3) is 11.1 Å². The van der Waals surface area contributed by atoms with Gasteiger partial charge in [0.25, 0.3) is 0 Å². The Morgan fingerprint density at radius 3 is 2.24 bits per heavy atom. The number of nitrogen functional groups attached to an aromatic ring is 1. The van der Waals surface area contributed by atoms with Crippen LogP contribution in [0.2, 0.25) is 20.1 Å². The maximum Gasteiger partial charge on any atom is 0.131 e. The number of benzene rings is 1. The molecule has 0 bridgehead atoms. The smallest absolute Gasteiger partial charge is 0.131 e. The zero-order valence-electron chi connectivity index (χ0n) is 8.35. The van der Waals surface area contributed by atoms with Crippen LogP contribution in [0.1, 0.15) is 0 Å². The minimum absolute atomic E-state index is 0.314. The molecule has 17 heavy (non-hydrogen) atoms. The molecule has 1 aromatic carbocycles. The minimum atomic E-state index is 0.314. The van der Waals surface area contributed by atoms with Crippen molar-refractivity contribution in [1.82, 2.24) is 4.98 Å². The molecule has 0 amide bonds. The third-order valence-electron chi connectivity index (χ3n) is 2.17. The summed E-state index contributed by atoms with van der Waals surface area (Å²) in [6.07, 6.45) is 1.46. The van der Waals surface area contributed by atoms with Crippen LogP contribution in [0.3, 0.4) is 0 Å². The predicted molar refractivity (Wildman–Crippen MR) is 74.1 cm³/mol. The second kappa shape index (κ2) is 4.91. The molecule has 0 aliphatic rings. The fourth-order valence-electron chi connectivity index (χ4n) is 1.42. The number of pyridine rings is 1. The van der Waals surface area contributed by atoms with Gasteiger partial charge >= 0.3 is 0 Å². The van der Waals surface area contributed by atoms with Gasteiger partial charge in [0.2, 0.25) is 0 Å². The molecule has 0 fully saturated rings. The highest BCUT2D eigenvalue weighted by molar-refractivity contribution is 6.45. The molecular weight excluding hydrogens is 302 g/mol. The third-order valence-corrected chi connectivity index (χ3v) is 3.40. The van der Waals surface area contributed by atoms with Crippen molar-refractivity contribution in [2.24, 2.45) is 0 Å². The van der Waals surface area contributed by atoms with Gasteiger partial charge in [0, 0.05) is 22.3 Å². The second-order valence-electron chi connectivity index (χ2n) is 3.34. The van der Waals surface area contributed by atoms with Gasteiger partial charge in [-0.1, -0.05) is 46.4 Å². The molecular formula is C11H6Cl4N2. The molecule has 2 rings (SSSR count). The van der Waals surface area contributed by atoms with Crippen molar-refractivity contribution in [3.63, 3.8) is 0 Å². The normalized spacial score (nSPS) is 10.6. The van der Waals surface area contributed by atoms with Crippen LogP contribution >= 0.6 is 46.4 Å². The number of rotatable bonds is 1. The molecule has 0 atom stereocenters. The molecule has 6 heteroatoms. The SMILES string of the molecule is Nc1ncc(Cl)cc1-c1cc(Cl)cc(Cl)c1Cl. The van der Waals surface area contributed by atoms with E-state index in [0.29, 0.717) is 37.0 Å². The number of nitrogens with zero attached hydrogens (tertiary/aromatic N) is 1. The average Bonchev–Trinajstić information content (AvgIpc) is 2.27. The van der Waals surface area contributed by atoms with Gasteiger partial charge in [-0.3, -0.25) is 0 Å². The van der Waals surface area contributed by atoms with Gasteiger partial charge in [0.1, 0.15) is 5.82 Å². The number of aromatic nitrogens is 1. The largest absolute Gasteiger partial charge is 0.383 e. The fourth-order valence-corrected chi connectivity index (χ4v) is 2.28. The van der Waals surface area contributed by atoms with Crippen molar-refractivity contribution in [2.45, 2.75) is 0 Å². The van der Waals surface area contributed by atoms with Crippen LogP contribution in [0.15, 0.2) is 24.4 Å². The summed E-state index contributed by atoms with van der Waals surface area (Å²) in [6.45, 7) is 0. The van der Waals surface area contributed by atoms with Crippen LogP contribution in [-0.4, -0.2) is 4.98 Å². The highest BCUT2D eigenvalue weighted by Gasteiger charge is 2.12. The maximum absolute atomic E-state index is 6.11.